The van der Waals surface area contributed by atoms with E-state index in [0.717, 1.165) is 22.1 Å². The second kappa shape index (κ2) is 13.7. The van der Waals surface area contributed by atoms with Crippen molar-refractivity contribution in [2.75, 3.05) is 19.8 Å². The van der Waals surface area contributed by atoms with E-state index in [1.165, 1.54) is 5.56 Å². The Morgan fingerprint density at radius 2 is 1.83 bits per heavy atom. The van der Waals surface area contributed by atoms with Crippen LogP contribution in [0.2, 0.25) is 0 Å². The lowest BCUT2D eigenvalue weighted by Gasteiger charge is -2.16. The van der Waals surface area contributed by atoms with Crippen molar-refractivity contribution in [3.8, 4) is 11.5 Å². The highest BCUT2D eigenvalue weighted by atomic mass is 127. The van der Waals surface area contributed by atoms with Crippen LogP contribution in [0, 0.1) is 3.57 Å². The smallest absolute Gasteiger partial charge is 0.257 e. The zero-order valence-electron chi connectivity index (χ0n) is 17.2. The molecule has 7 heteroatoms. The highest BCUT2D eigenvalue weighted by Crippen LogP contribution is 2.34. The van der Waals surface area contributed by atoms with Crippen molar-refractivity contribution in [2.24, 2.45) is 0 Å². The standard InChI is InChI=1S/C22H29IN2O3.ClH/c1-4-27-20-13-18(14-25-16(2)3)12-19(23)22(20)28-15-21(26)24-11-10-17-8-6-5-7-9-17;/h5-9,12-13,16,25H,4,10-11,14-15H2,1-3H3,(H,24,26);1H. The van der Waals surface area contributed by atoms with Crippen molar-refractivity contribution in [1.82, 2.24) is 10.6 Å². The van der Waals surface area contributed by atoms with Gasteiger partial charge in [0.1, 0.15) is 0 Å². The van der Waals surface area contributed by atoms with Crippen LogP contribution in [0.4, 0.5) is 0 Å². The first kappa shape index (κ1) is 25.5. The van der Waals surface area contributed by atoms with Crippen molar-refractivity contribution >= 4 is 40.9 Å². The molecule has 0 spiro atoms. The van der Waals surface area contributed by atoms with Gasteiger partial charge in [-0.1, -0.05) is 44.2 Å². The molecule has 0 aliphatic heterocycles. The maximum atomic E-state index is 12.1. The van der Waals surface area contributed by atoms with E-state index in [1.54, 1.807) is 0 Å². The third-order valence-electron chi connectivity index (χ3n) is 4.01. The van der Waals surface area contributed by atoms with E-state index in [1.807, 2.05) is 31.2 Å². The molecule has 2 rings (SSSR count). The van der Waals surface area contributed by atoms with E-state index in [2.05, 4.69) is 65.3 Å². The van der Waals surface area contributed by atoms with Gasteiger partial charge in [0.25, 0.3) is 5.91 Å². The van der Waals surface area contributed by atoms with Crippen molar-refractivity contribution in [3.63, 3.8) is 0 Å². The fourth-order valence-electron chi connectivity index (χ4n) is 2.63. The molecule has 0 fully saturated rings. The largest absolute Gasteiger partial charge is 0.490 e. The quantitative estimate of drug-likeness (QED) is 0.423. The van der Waals surface area contributed by atoms with Gasteiger partial charge in [-0.2, -0.15) is 0 Å². The third-order valence-corrected chi connectivity index (χ3v) is 4.81. The van der Waals surface area contributed by atoms with E-state index in [4.69, 9.17) is 9.47 Å². The SMILES string of the molecule is CCOc1cc(CNC(C)C)cc(I)c1OCC(=O)NCCc1ccccc1.Cl. The van der Waals surface area contributed by atoms with Gasteiger partial charge in [0.15, 0.2) is 18.1 Å². The number of carbonyl (C=O) groups is 1. The predicted molar refractivity (Wildman–Crippen MR) is 128 cm³/mol. The highest BCUT2D eigenvalue weighted by molar-refractivity contribution is 14.1. The molecule has 0 aromatic heterocycles. The van der Waals surface area contributed by atoms with E-state index in [9.17, 15) is 4.79 Å². The van der Waals surface area contributed by atoms with Crippen LogP contribution in [0.25, 0.3) is 0 Å². The average molecular weight is 533 g/mol. The van der Waals surface area contributed by atoms with E-state index in [0.29, 0.717) is 30.7 Å². The summed E-state index contributed by atoms with van der Waals surface area (Å²) >= 11 is 2.23. The third kappa shape index (κ3) is 9.23. The first-order valence-corrected chi connectivity index (χ1v) is 10.7. The van der Waals surface area contributed by atoms with Crippen LogP contribution >= 0.6 is 35.0 Å². The lowest BCUT2D eigenvalue weighted by Crippen LogP contribution is -2.30. The van der Waals surface area contributed by atoms with E-state index < -0.39 is 0 Å². The van der Waals surface area contributed by atoms with Gasteiger partial charge in [-0.15, -0.1) is 12.4 Å². The lowest BCUT2D eigenvalue weighted by molar-refractivity contribution is -0.123. The topological polar surface area (TPSA) is 59.6 Å². The zero-order chi connectivity index (χ0) is 20.4. The number of benzene rings is 2. The number of nitrogens with one attached hydrogen (secondary N) is 2. The Bertz CT molecular complexity index is 757. The Morgan fingerprint density at radius 3 is 2.48 bits per heavy atom. The molecule has 2 aromatic rings. The Morgan fingerprint density at radius 1 is 1.10 bits per heavy atom. The number of amides is 1. The van der Waals surface area contributed by atoms with Crippen LogP contribution < -0.4 is 20.1 Å². The van der Waals surface area contributed by atoms with Gasteiger partial charge in [0.2, 0.25) is 0 Å². The van der Waals surface area contributed by atoms with Gasteiger partial charge in [0.05, 0.1) is 10.2 Å². The van der Waals surface area contributed by atoms with Gasteiger partial charge in [0, 0.05) is 19.1 Å². The summed E-state index contributed by atoms with van der Waals surface area (Å²) in [5, 5.41) is 6.30. The number of halogens is 2. The van der Waals surface area contributed by atoms with Crippen LogP contribution in [-0.4, -0.2) is 31.7 Å². The van der Waals surface area contributed by atoms with Crippen LogP contribution in [0.15, 0.2) is 42.5 Å². The summed E-state index contributed by atoms with van der Waals surface area (Å²) in [6, 6.07) is 14.5. The minimum absolute atomic E-state index is 0. The summed E-state index contributed by atoms with van der Waals surface area (Å²) in [4.78, 5) is 12.1. The molecule has 0 radical (unpaired) electrons. The molecule has 5 nitrogen and oxygen atoms in total. The average Bonchev–Trinajstić information content (AvgIpc) is 2.67. The van der Waals surface area contributed by atoms with Crippen LogP contribution in [0.3, 0.4) is 0 Å². The maximum absolute atomic E-state index is 12.1. The molecule has 160 valence electrons. The van der Waals surface area contributed by atoms with Gasteiger partial charge >= 0.3 is 0 Å². The first-order valence-electron chi connectivity index (χ1n) is 9.61. The summed E-state index contributed by atoms with van der Waals surface area (Å²) in [5.41, 5.74) is 2.32. The molecule has 0 bridgehead atoms. The number of hydrogen-bond donors (Lipinski definition) is 2. The minimum atomic E-state index is -0.139. The summed E-state index contributed by atoms with van der Waals surface area (Å²) in [5.74, 6) is 1.15. The number of ether oxygens (including phenoxy) is 2. The minimum Gasteiger partial charge on any atom is -0.490 e. The Labute approximate surface area is 193 Å². The molecule has 0 unspecified atom stereocenters. The summed E-state index contributed by atoms with van der Waals surface area (Å²) in [6.45, 7) is 8.01. The van der Waals surface area contributed by atoms with Crippen LogP contribution in [0.5, 0.6) is 11.5 Å². The molecule has 0 atom stereocenters. The maximum Gasteiger partial charge on any atom is 0.257 e. The molecule has 0 aliphatic carbocycles. The predicted octanol–water partition coefficient (Wildman–Crippen LogP) is 4.35. The van der Waals surface area contributed by atoms with Gasteiger partial charge in [-0.25, -0.2) is 0 Å². The van der Waals surface area contributed by atoms with Gasteiger partial charge in [-0.05, 0) is 59.2 Å². The monoisotopic (exact) mass is 532 g/mol. The van der Waals surface area contributed by atoms with Crippen molar-refractivity contribution in [3.05, 3.63) is 57.2 Å². The molecule has 29 heavy (non-hydrogen) atoms. The molecule has 0 saturated carbocycles. The molecular formula is C22H30ClIN2O3. The van der Waals surface area contributed by atoms with Crippen molar-refractivity contribution < 1.29 is 14.3 Å². The fraction of sp³-hybridized carbons (Fsp3) is 0.409. The molecular weight excluding hydrogens is 503 g/mol. The Hall–Kier alpha value is -1.51. The van der Waals surface area contributed by atoms with Crippen molar-refractivity contribution in [2.45, 2.75) is 39.8 Å². The molecule has 1 amide bonds. The second-order valence-electron chi connectivity index (χ2n) is 6.75. The summed E-state index contributed by atoms with van der Waals surface area (Å²) in [7, 11) is 0. The summed E-state index contributed by atoms with van der Waals surface area (Å²) in [6.07, 6.45) is 0.797. The number of carbonyl (C=O) groups excluding carboxylic acids is 1. The van der Waals surface area contributed by atoms with Crippen molar-refractivity contribution in [1.29, 1.82) is 0 Å². The molecule has 2 aromatic carbocycles. The normalized spacial score (nSPS) is 10.4. The van der Waals surface area contributed by atoms with E-state index >= 15 is 0 Å². The number of rotatable bonds is 11. The second-order valence-corrected chi connectivity index (χ2v) is 7.91. The van der Waals surface area contributed by atoms with Crippen LogP contribution in [0.1, 0.15) is 31.9 Å². The van der Waals surface area contributed by atoms with Gasteiger partial charge < -0.3 is 20.1 Å². The van der Waals surface area contributed by atoms with Gasteiger partial charge in [-0.3, -0.25) is 4.79 Å². The first-order chi connectivity index (χ1) is 13.5. The van der Waals surface area contributed by atoms with E-state index in [-0.39, 0.29) is 24.9 Å². The summed E-state index contributed by atoms with van der Waals surface area (Å²) < 4.78 is 12.5. The number of hydrogen-bond acceptors (Lipinski definition) is 4. The molecule has 0 heterocycles. The Kier molecular flexibility index (Phi) is 12.0. The highest BCUT2D eigenvalue weighted by Gasteiger charge is 2.14. The van der Waals surface area contributed by atoms with Crippen LogP contribution in [-0.2, 0) is 17.8 Å². The lowest BCUT2D eigenvalue weighted by atomic mass is 10.1. The molecule has 0 saturated heterocycles. The Balaban J connectivity index is 0.00000420. The zero-order valence-corrected chi connectivity index (χ0v) is 20.1. The molecule has 2 N–H and O–H groups in total. The fourth-order valence-corrected chi connectivity index (χ4v) is 3.45. The molecule has 0 aliphatic rings.